The first-order valence-electron chi connectivity index (χ1n) is 8.97. The van der Waals surface area contributed by atoms with Gasteiger partial charge in [-0.05, 0) is 38.5 Å². The lowest BCUT2D eigenvalue weighted by Crippen LogP contribution is -2.47. The summed E-state index contributed by atoms with van der Waals surface area (Å²) in [7, 11) is 1.74. The molecule has 23 heavy (non-hydrogen) atoms. The number of hydrogen-bond donors (Lipinski definition) is 1. The molecule has 1 N–H and O–H groups in total. The van der Waals surface area contributed by atoms with E-state index in [0.29, 0.717) is 6.10 Å². The SMILES string of the molecule is CCNC(=NCCC1CC1)N1CCC(OCCCOC)CC1.I. The van der Waals surface area contributed by atoms with E-state index in [1.165, 1.54) is 19.3 Å². The molecule has 0 aromatic heterocycles. The Hall–Kier alpha value is -0.0800. The van der Waals surface area contributed by atoms with E-state index in [4.69, 9.17) is 14.5 Å². The van der Waals surface area contributed by atoms with Crippen molar-refractivity contribution in [3.8, 4) is 0 Å². The Balaban J connectivity index is 0.00000264. The molecule has 1 saturated carbocycles. The highest BCUT2D eigenvalue weighted by Crippen LogP contribution is 2.32. The number of hydrogen-bond acceptors (Lipinski definition) is 3. The van der Waals surface area contributed by atoms with Gasteiger partial charge in [-0.15, -0.1) is 24.0 Å². The second kappa shape index (κ2) is 12.3. The van der Waals surface area contributed by atoms with Crippen LogP contribution in [-0.2, 0) is 9.47 Å². The van der Waals surface area contributed by atoms with Gasteiger partial charge in [-0.3, -0.25) is 4.99 Å². The van der Waals surface area contributed by atoms with Gasteiger partial charge >= 0.3 is 0 Å². The maximum absolute atomic E-state index is 5.93. The Morgan fingerprint density at radius 2 is 1.91 bits per heavy atom. The van der Waals surface area contributed by atoms with E-state index >= 15 is 0 Å². The molecule has 2 fully saturated rings. The molecule has 2 rings (SSSR count). The first-order valence-corrected chi connectivity index (χ1v) is 8.97. The third-order valence-electron chi connectivity index (χ3n) is 4.42. The lowest BCUT2D eigenvalue weighted by atomic mass is 10.1. The van der Waals surface area contributed by atoms with Crippen LogP contribution in [0.1, 0.15) is 45.4 Å². The topological polar surface area (TPSA) is 46.1 Å². The van der Waals surface area contributed by atoms with Crippen LogP contribution in [0.25, 0.3) is 0 Å². The highest BCUT2D eigenvalue weighted by Gasteiger charge is 2.23. The zero-order chi connectivity index (χ0) is 15.6. The highest BCUT2D eigenvalue weighted by atomic mass is 127. The lowest BCUT2D eigenvalue weighted by Gasteiger charge is -2.34. The summed E-state index contributed by atoms with van der Waals surface area (Å²) in [6.45, 7) is 7.75. The number of ether oxygens (including phenoxy) is 2. The number of nitrogens with one attached hydrogen (secondary N) is 1. The van der Waals surface area contributed by atoms with Crippen molar-refractivity contribution in [3.05, 3.63) is 0 Å². The number of aliphatic imine (C=N–C) groups is 1. The molecule has 1 saturated heterocycles. The van der Waals surface area contributed by atoms with Crippen molar-refractivity contribution in [2.45, 2.75) is 51.6 Å². The summed E-state index contributed by atoms with van der Waals surface area (Å²) < 4.78 is 11.0. The smallest absolute Gasteiger partial charge is 0.193 e. The minimum atomic E-state index is 0. The molecule has 0 aromatic carbocycles. The summed E-state index contributed by atoms with van der Waals surface area (Å²) in [6, 6.07) is 0. The molecular formula is C17H34IN3O2. The normalized spacial score (nSPS) is 19.6. The molecule has 0 aromatic rings. The molecule has 6 heteroatoms. The van der Waals surface area contributed by atoms with Crippen LogP contribution in [0.5, 0.6) is 0 Å². The Morgan fingerprint density at radius 3 is 2.52 bits per heavy atom. The Morgan fingerprint density at radius 1 is 1.17 bits per heavy atom. The van der Waals surface area contributed by atoms with Gasteiger partial charge in [0, 0.05) is 46.5 Å². The number of rotatable bonds is 9. The molecule has 0 unspecified atom stereocenters. The summed E-state index contributed by atoms with van der Waals surface area (Å²) in [5, 5.41) is 3.44. The van der Waals surface area contributed by atoms with E-state index in [-0.39, 0.29) is 24.0 Å². The average molecular weight is 439 g/mol. The third-order valence-corrected chi connectivity index (χ3v) is 4.42. The predicted octanol–water partition coefficient (Wildman–Crippen LogP) is 2.89. The molecule has 0 spiro atoms. The van der Waals surface area contributed by atoms with E-state index in [2.05, 4.69) is 17.1 Å². The molecule has 2 aliphatic rings. The van der Waals surface area contributed by atoms with E-state index in [9.17, 15) is 0 Å². The second-order valence-electron chi connectivity index (χ2n) is 6.37. The molecule has 0 radical (unpaired) electrons. The van der Waals surface area contributed by atoms with E-state index in [1.54, 1.807) is 7.11 Å². The largest absolute Gasteiger partial charge is 0.385 e. The maximum atomic E-state index is 5.93. The number of halogens is 1. The lowest BCUT2D eigenvalue weighted by molar-refractivity contribution is 0.00990. The van der Waals surface area contributed by atoms with E-state index in [1.807, 2.05) is 0 Å². The molecule has 1 aliphatic heterocycles. The summed E-state index contributed by atoms with van der Waals surface area (Å²) in [4.78, 5) is 7.20. The number of guanidine groups is 1. The number of methoxy groups -OCH3 is 1. The van der Waals surface area contributed by atoms with Crippen molar-refractivity contribution in [1.82, 2.24) is 10.2 Å². The van der Waals surface area contributed by atoms with Crippen molar-refractivity contribution in [2.24, 2.45) is 10.9 Å². The van der Waals surface area contributed by atoms with Gasteiger partial charge in [-0.1, -0.05) is 12.8 Å². The fourth-order valence-corrected chi connectivity index (χ4v) is 2.87. The zero-order valence-corrected chi connectivity index (χ0v) is 17.1. The fraction of sp³-hybridized carbons (Fsp3) is 0.941. The maximum Gasteiger partial charge on any atom is 0.193 e. The summed E-state index contributed by atoms with van der Waals surface area (Å²) in [6.07, 6.45) is 7.67. The first kappa shape index (κ1) is 21.0. The van der Waals surface area contributed by atoms with Crippen LogP contribution in [-0.4, -0.2) is 63.5 Å². The van der Waals surface area contributed by atoms with Crippen molar-refractivity contribution >= 4 is 29.9 Å². The Bertz CT molecular complexity index is 330. The van der Waals surface area contributed by atoms with E-state index in [0.717, 1.165) is 70.5 Å². The molecule has 0 bridgehead atoms. The zero-order valence-electron chi connectivity index (χ0n) is 14.8. The van der Waals surface area contributed by atoms with Crippen LogP contribution < -0.4 is 5.32 Å². The molecule has 5 nitrogen and oxygen atoms in total. The predicted molar refractivity (Wildman–Crippen MR) is 106 cm³/mol. The Labute approximate surface area is 158 Å². The molecule has 0 amide bonds. The van der Waals surface area contributed by atoms with Gasteiger partial charge in [0.1, 0.15) is 0 Å². The van der Waals surface area contributed by atoms with E-state index < -0.39 is 0 Å². The summed E-state index contributed by atoms with van der Waals surface area (Å²) in [5.74, 6) is 2.05. The van der Waals surface area contributed by atoms with Crippen LogP contribution in [0.15, 0.2) is 4.99 Å². The van der Waals surface area contributed by atoms with Crippen LogP contribution in [0.2, 0.25) is 0 Å². The van der Waals surface area contributed by atoms with Crippen molar-refractivity contribution in [1.29, 1.82) is 0 Å². The summed E-state index contributed by atoms with van der Waals surface area (Å²) in [5.41, 5.74) is 0. The van der Waals surface area contributed by atoms with Gasteiger partial charge in [0.05, 0.1) is 6.10 Å². The standard InChI is InChI=1S/C17H33N3O2.HI/c1-3-18-17(19-10-7-15-5-6-15)20-11-8-16(9-12-20)22-14-4-13-21-2;/h15-16H,3-14H2,1-2H3,(H,18,19);1H. The first-order chi connectivity index (χ1) is 10.8. The van der Waals surface area contributed by atoms with Crippen molar-refractivity contribution in [3.63, 3.8) is 0 Å². The highest BCUT2D eigenvalue weighted by molar-refractivity contribution is 14.0. The van der Waals surface area contributed by atoms with Crippen molar-refractivity contribution < 1.29 is 9.47 Å². The van der Waals surface area contributed by atoms with Crippen LogP contribution >= 0.6 is 24.0 Å². The summed E-state index contributed by atoms with van der Waals surface area (Å²) >= 11 is 0. The van der Waals surface area contributed by atoms with Gasteiger partial charge in [0.25, 0.3) is 0 Å². The van der Waals surface area contributed by atoms with Gasteiger partial charge in [-0.25, -0.2) is 0 Å². The monoisotopic (exact) mass is 439 g/mol. The van der Waals surface area contributed by atoms with Gasteiger partial charge in [0.2, 0.25) is 0 Å². The molecule has 0 atom stereocenters. The second-order valence-corrected chi connectivity index (χ2v) is 6.37. The average Bonchev–Trinajstić information content (AvgIpc) is 3.36. The molecule has 1 heterocycles. The van der Waals surface area contributed by atoms with Gasteiger partial charge in [-0.2, -0.15) is 0 Å². The third kappa shape index (κ3) is 8.54. The minimum absolute atomic E-state index is 0. The van der Waals surface area contributed by atoms with Crippen molar-refractivity contribution in [2.75, 3.05) is 46.5 Å². The van der Waals surface area contributed by atoms with Gasteiger partial charge in [0.15, 0.2) is 5.96 Å². The minimum Gasteiger partial charge on any atom is -0.385 e. The number of piperidine rings is 1. The molecular weight excluding hydrogens is 405 g/mol. The number of nitrogens with zero attached hydrogens (tertiary/aromatic N) is 2. The van der Waals surface area contributed by atoms with Gasteiger partial charge < -0.3 is 19.7 Å². The van der Waals surface area contributed by atoms with Crippen LogP contribution in [0.4, 0.5) is 0 Å². The quantitative estimate of drug-likeness (QED) is 0.260. The number of likely N-dealkylation sites (tertiary alicyclic amines) is 1. The molecule has 1 aliphatic carbocycles. The molecule has 136 valence electrons. The van der Waals surface area contributed by atoms with Crippen LogP contribution in [0.3, 0.4) is 0 Å². The van der Waals surface area contributed by atoms with Crippen LogP contribution in [0, 0.1) is 5.92 Å². The Kier molecular flexibility index (Phi) is 11.2. The fourth-order valence-electron chi connectivity index (χ4n) is 2.87.